The van der Waals surface area contributed by atoms with Gasteiger partial charge in [0, 0.05) is 18.5 Å². The summed E-state index contributed by atoms with van der Waals surface area (Å²) in [4.78, 5) is 12.1. The first kappa shape index (κ1) is 14.5. The van der Waals surface area contributed by atoms with Crippen LogP contribution in [0.3, 0.4) is 0 Å². The Morgan fingerprint density at radius 1 is 1.41 bits per heavy atom. The first-order valence-electron chi connectivity index (χ1n) is 6.89. The van der Waals surface area contributed by atoms with E-state index in [9.17, 15) is 4.79 Å². The lowest BCUT2D eigenvalue weighted by molar-refractivity contribution is -0.128. The maximum absolute atomic E-state index is 12.1. The SMILES string of the molecule is CCC(C)(C)CNC(=O)C1CCC(N)CC1C. The number of carbonyl (C=O) groups is 1. The van der Waals surface area contributed by atoms with E-state index in [-0.39, 0.29) is 17.2 Å². The molecule has 0 heterocycles. The van der Waals surface area contributed by atoms with Gasteiger partial charge in [-0.25, -0.2) is 0 Å². The molecule has 1 aliphatic carbocycles. The fourth-order valence-corrected chi connectivity index (χ4v) is 2.41. The van der Waals surface area contributed by atoms with Crippen molar-refractivity contribution in [2.24, 2.45) is 23.0 Å². The number of hydrogen-bond donors (Lipinski definition) is 2. The second-order valence-electron chi connectivity index (χ2n) is 6.39. The van der Waals surface area contributed by atoms with Crippen molar-refractivity contribution in [3.05, 3.63) is 0 Å². The van der Waals surface area contributed by atoms with Gasteiger partial charge in [-0.1, -0.05) is 27.7 Å². The molecule has 1 fully saturated rings. The average molecular weight is 240 g/mol. The normalized spacial score (nSPS) is 30.1. The van der Waals surface area contributed by atoms with Crippen molar-refractivity contribution in [3.63, 3.8) is 0 Å². The quantitative estimate of drug-likeness (QED) is 0.792. The Bertz CT molecular complexity index is 263. The summed E-state index contributed by atoms with van der Waals surface area (Å²) < 4.78 is 0. The second-order valence-corrected chi connectivity index (χ2v) is 6.39. The van der Waals surface area contributed by atoms with Crippen LogP contribution in [0.4, 0.5) is 0 Å². The summed E-state index contributed by atoms with van der Waals surface area (Å²) in [6.45, 7) is 9.46. The lowest BCUT2D eigenvalue weighted by Gasteiger charge is -2.32. The molecule has 1 saturated carbocycles. The third kappa shape index (κ3) is 4.30. The first-order chi connectivity index (χ1) is 7.85. The Hall–Kier alpha value is -0.570. The summed E-state index contributed by atoms with van der Waals surface area (Å²) in [5.74, 6) is 0.817. The highest BCUT2D eigenvalue weighted by atomic mass is 16.1. The summed E-state index contributed by atoms with van der Waals surface area (Å²) in [5.41, 5.74) is 6.12. The van der Waals surface area contributed by atoms with Gasteiger partial charge >= 0.3 is 0 Å². The highest BCUT2D eigenvalue weighted by molar-refractivity contribution is 5.79. The minimum atomic E-state index is 0.169. The van der Waals surface area contributed by atoms with Crippen LogP contribution in [0.2, 0.25) is 0 Å². The molecule has 0 aromatic carbocycles. The van der Waals surface area contributed by atoms with E-state index in [2.05, 4.69) is 33.0 Å². The molecule has 3 heteroatoms. The number of nitrogens with two attached hydrogens (primary N) is 1. The van der Waals surface area contributed by atoms with E-state index in [1.807, 2.05) is 0 Å². The van der Waals surface area contributed by atoms with Crippen LogP contribution in [0.15, 0.2) is 0 Å². The van der Waals surface area contributed by atoms with Gasteiger partial charge in [-0.05, 0) is 37.0 Å². The molecule has 3 atom stereocenters. The molecule has 100 valence electrons. The zero-order valence-electron chi connectivity index (χ0n) is 11.8. The van der Waals surface area contributed by atoms with Crippen LogP contribution < -0.4 is 11.1 Å². The zero-order chi connectivity index (χ0) is 13.1. The lowest BCUT2D eigenvalue weighted by atomic mass is 9.77. The van der Waals surface area contributed by atoms with Crippen LogP contribution in [0.5, 0.6) is 0 Å². The van der Waals surface area contributed by atoms with Crippen LogP contribution in [0.25, 0.3) is 0 Å². The van der Waals surface area contributed by atoms with Crippen molar-refractivity contribution in [1.29, 1.82) is 0 Å². The second kappa shape index (κ2) is 5.85. The van der Waals surface area contributed by atoms with Crippen LogP contribution in [0.1, 0.15) is 53.4 Å². The topological polar surface area (TPSA) is 55.1 Å². The molecule has 0 aromatic rings. The predicted octanol–water partition coefficient (Wildman–Crippen LogP) is 2.30. The van der Waals surface area contributed by atoms with Crippen LogP contribution in [-0.4, -0.2) is 18.5 Å². The fraction of sp³-hybridized carbons (Fsp3) is 0.929. The van der Waals surface area contributed by atoms with Gasteiger partial charge in [0.05, 0.1) is 0 Å². The Balaban J connectivity index is 2.42. The molecule has 0 aliphatic heterocycles. The molecule has 17 heavy (non-hydrogen) atoms. The van der Waals surface area contributed by atoms with Gasteiger partial charge in [-0.3, -0.25) is 4.79 Å². The molecule has 0 radical (unpaired) electrons. The largest absolute Gasteiger partial charge is 0.355 e. The van der Waals surface area contributed by atoms with Gasteiger partial charge < -0.3 is 11.1 Å². The van der Waals surface area contributed by atoms with Crippen LogP contribution in [0, 0.1) is 17.3 Å². The van der Waals surface area contributed by atoms with Gasteiger partial charge in [0.1, 0.15) is 0 Å². The number of hydrogen-bond acceptors (Lipinski definition) is 2. The van der Waals surface area contributed by atoms with Crippen molar-refractivity contribution >= 4 is 5.91 Å². The number of rotatable bonds is 4. The van der Waals surface area contributed by atoms with Gasteiger partial charge in [0.15, 0.2) is 0 Å². The van der Waals surface area contributed by atoms with Crippen molar-refractivity contribution < 1.29 is 4.79 Å². The van der Waals surface area contributed by atoms with Crippen molar-refractivity contribution in [2.45, 2.75) is 59.4 Å². The number of carbonyl (C=O) groups excluding carboxylic acids is 1. The minimum absolute atomic E-state index is 0.169. The Morgan fingerprint density at radius 3 is 2.59 bits per heavy atom. The average Bonchev–Trinajstić information content (AvgIpc) is 2.26. The monoisotopic (exact) mass is 240 g/mol. The molecule has 3 nitrogen and oxygen atoms in total. The van der Waals surface area contributed by atoms with E-state index in [0.29, 0.717) is 12.0 Å². The van der Waals surface area contributed by atoms with E-state index in [4.69, 9.17) is 5.73 Å². The smallest absolute Gasteiger partial charge is 0.223 e. The number of nitrogens with one attached hydrogen (secondary N) is 1. The summed E-state index contributed by atoms with van der Waals surface area (Å²) in [6.07, 6.45) is 3.99. The van der Waals surface area contributed by atoms with Crippen molar-refractivity contribution in [2.75, 3.05) is 6.54 Å². The third-order valence-corrected chi connectivity index (χ3v) is 4.24. The molecule has 0 bridgehead atoms. The van der Waals surface area contributed by atoms with Gasteiger partial charge in [0.2, 0.25) is 5.91 Å². The maximum atomic E-state index is 12.1. The standard InChI is InChI=1S/C14H28N2O/c1-5-14(3,4)9-16-13(17)12-7-6-11(15)8-10(12)2/h10-12H,5-9,15H2,1-4H3,(H,16,17). The van der Waals surface area contributed by atoms with Crippen LogP contribution >= 0.6 is 0 Å². The minimum Gasteiger partial charge on any atom is -0.355 e. The Kier molecular flexibility index (Phi) is 4.99. The number of amides is 1. The van der Waals surface area contributed by atoms with E-state index < -0.39 is 0 Å². The summed E-state index contributed by atoms with van der Waals surface area (Å²) in [5, 5.41) is 3.11. The molecule has 1 aliphatic rings. The molecule has 0 spiro atoms. The molecular formula is C14H28N2O. The van der Waals surface area contributed by atoms with E-state index in [1.165, 1.54) is 0 Å². The van der Waals surface area contributed by atoms with Gasteiger partial charge in [-0.2, -0.15) is 0 Å². The molecule has 3 unspecified atom stereocenters. The molecule has 1 amide bonds. The molecule has 0 aromatic heterocycles. The van der Waals surface area contributed by atoms with Crippen LogP contribution in [-0.2, 0) is 4.79 Å². The van der Waals surface area contributed by atoms with Gasteiger partial charge in [0.25, 0.3) is 0 Å². The Labute approximate surface area is 106 Å². The highest BCUT2D eigenvalue weighted by Crippen LogP contribution is 2.29. The highest BCUT2D eigenvalue weighted by Gasteiger charge is 2.31. The third-order valence-electron chi connectivity index (χ3n) is 4.24. The van der Waals surface area contributed by atoms with Gasteiger partial charge in [-0.15, -0.1) is 0 Å². The molecule has 0 saturated heterocycles. The molecule has 1 rings (SSSR count). The fourth-order valence-electron chi connectivity index (χ4n) is 2.41. The molecular weight excluding hydrogens is 212 g/mol. The maximum Gasteiger partial charge on any atom is 0.223 e. The lowest BCUT2D eigenvalue weighted by Crippen LogP contribution is -2.43. The van der Waals surface area contributed by atoms with Crippen molar-refractivity contribution in [3.8, 4) is 0 Å². The first-order valence-corrected chi connectivity index (χ1v) is 6.89. The Morgan fingerprint density at radius 2 is 2.06 bits per heavy atom. The zero-order valence-corrected chi connectivity index (χ0v) is 11.8. The van der Waals surface area contributed by atoms with E-state index in [1.54, 1.807) is 0 Å². The van der Waals surface area contributed by atoms with E-state index in [0.717, 1.165) is 32.2 Å². The van der Waals surface area contributed by atoms with Crippen molar-refractivity contribution in [1.82, 2.24) is 5.32 Å². The summed E-state index contributed by atoms with van der Waals surface area (Å²) >= 11 is 0. The van der Waals surface area contributed by atoms with E-state index >= 15 is 0 Å². The predicted molar refractivity (Wildman–Crippen MR) is 71.6 cm³/mol. The summed E-state index contributed by atoms with van der Waals surface area (Å²) in [6, 6.07) is 0.293. The molecule has 3 N–H and O–H groups in total. The summed E-state index contributed by atoms with van der Waals surface area (Å²) in [7, 11) is 0.